The van der Waals surface area contributed by atoms with Crippen LogP contribution in [0.4, 0.5) is 0 Å². The van der Waals surface area contributed by atoms with Gasteiger partial charge in [-0.25, -0.2) is 0 Å². The Morgan fingerprint density at radius 3 is 2.31 bits per heavy atom. The van der Waals surface area contributed by atoms with Gasteiger partial charge >= 0.3 is 0 Å². The van der Waals surface area contributed by atoms with Gasteiger partial charge < -0.3 is 14.6 Å². The summed E-state index contributed by atoms with van der Waals surface area (Å²) in [6.07, 6.45) is 0. The molecule has 1 saturated heterocycles. The predicted molar refractivity (Wildman–Crippen MR) is 47.1 cm³/mol. The SMILES string of the molecule is OC1(c2ccccc2)COCOC1. The molecule has 1 fully saturated rings. The van der Waals surface area contributed by atoms with E-state index in [1.807, 2.05) is 30.3 Å². The quantitative estimate of drug-likeness (QED) is 0.697. The van der Waals surface area contributed by atoms with Crippen molar-refractivity contribution in [3.8, 4) is 0 Å². The third kappa shape index (κ3) is 1.72. The minimum absolute atomic E-state index is 0.273. The van der Waals surface area contributed by atoms with Crippen molar-refractivity contribution < 1.29 is 14.6 Å². The van der Waals surface area contributed by atoms with Gasteiger partial charge in [-0.1, -0.05) is 30.3 Å². The summed E-state index contributed by atoms with van der Waals surface area (Å²) in [4.78, 5) is 0. The van der Waals surface area contributed by atoms with Crippen LogP contribution in [0.3, 0.4) is 0 Å². The standard InChI is InChI=1S/C10H12O3/c11-10(6-12-8-13-7-10)9-4-2-1-3-5-9/h1-5,11H,6-8H2. The fraction of sp³-hybridized carbons (Fsp3) is 0.400. The number of hydrogen-bond acceptors (Lipinski definition) is 3. The molecular formula is C10H12O3. The van der Waals surface area contributed by atoms with Gasteiger partial charge in [-0.3, -0.25) is 0 Å². The smallest absolute Gasteiger partial charge is 0.147 e. The Bertz CT molecular complexity index is 265. The largest absolute Gasteiger partial charge is 0.380 e. The Morgan fingerprint density at radius 2 is 1.69 bits per heavy atom. The summed E-state index contributed by atoms with van der Waals surface area (Å²) < 4.78 is 10.1. The van der Waals surface area contributed by atoms with Gasteiger partial charge in [-0.2, -0.15) is 0 Å². The second-order valence-corrected chi connectivity index (χ2v) is 3.21. The van der Waals surface area contributed by atoms with Gasteiger partial charge in [0.15, 0.2) is 0 Å². The van der Waals surface area contributed by atoms with Crippen LogP contribution < -0.4 is 0 Å². The molecule has 13 heavy (non-hydrogen) atoms. The van der Waals surface area contributed by atoms with Crippen molar-refractivity contribution in [1.29, 1.82) is 0 Å². The van der Waals surface area contributed by atoms with Crippen LogP contribution in [0, 0.1) is 0 Å². The van der Waals surface area contributed by atoms with E-state index in [0.717, 1.165) is 5.56 Å². The lowest BCUT2D eigenvalue weighted by Gasteiger charge is -2.31. The van der Waals surface area contributed by atoms with Gasteiger partial charge in [0.1, 0.15) is 12.4 Å². The molecule has 70 valence electrons. The molecule has 0 bridgehead atoms. The molecule has 1 aromatic rings. The summed E-state index contributed by atoms with van der Waals surface area (Å²) in [7, 11) is 0. The molecule has 0 unspecified atom stereocenters. The summed E-state index contributed by atoms with van der Waals surface area (Å²) in [5.41, 5.74) is -0.130. The molecule has 0 aliphatic carbocycles. The van der Waals surface area contributed by atoms with E-state index < -0.39 is 5.60 Å². The second kappa shape index (κ2) is 3.46. The molecule has 0 atom stereocenters. The fourth-order valence-electron chi connectivity index (χ4n) is 1.44. The first kappa shape index (κ1) is 8.69. The van der Waals surface area contributed by atoms with Crippen molar-refractivity contribution in [2.24, 2.45) is 0 Å². The van der Waals surface area contributed by atoms with E-state index >= 15 is 0 Å². The maximum Gasteiger partial charge on any atom is 0.147 e. The summed E-state index contributed by atoms with van der Waals surface area (Å²) in [5, 5.41) is 10.1. The van der Waals surface area contributed by atoms with E-state index in [9.17, 15) is 5.11 Å². The fourth-order valence-corrected chi connectivity index (χ4v) is 1.44. The van der Waals surface area contributed by atoms with Crippen LogP contribution in [0.5, 0.6) is 0 Å². The van der Waals surface area contributed by atoms with Crippen molar-refractivity contribution in [3.05, 3.63) is 35.9 Å². The molecule has 0 radical (unpaired) electrons. The van der Waals surface area contributed by atoms with E-state index in [-0.39, 0.29) is 6.79 Å². The second-order valence-electron chi connectivity index (χ2n) is 3.21. The van der Waals surface area contributed by atoms with Gasteiger partial charge in [0.25, 0.3) is 0 Å². The summed E-state index contributed by atoms with van der Waals surface area (Å²) in [5.74, 6) is 0. The molecule has 1 N–H and O–H groups in total. The Hall–Kier alpha value is -0.900. The molecule has 3 nitrogen and oxygen atoms in total. The summed E-state index contributed by atoms with van der Waals surface area (Å²) >= 11 is 0. The van der Waals surface area contributed by atoms with E-state index in [1.54, 1.807) is 0 Å². The van der Waals surface area contributed by atoms with Gasteiger partial charge in [-0.05, 0) is 5.56 Å². The number of aliphatic hydroxyl groups is 1. The lowest BCUT2D eigenvalue weighted by molar-refractivity contribution is -0.204. The minimum atomic E-state index is -0.973. The average molecular weight is 180 g/mol. The molecule has 1 aliphatic rings. The molecule has 1 aromatic carbocycles. The Morgan fingerprint density at radius 1 is 1.08 bits per heavy atom. The topological polar surface area (TPSA) is 38.7 Å². The van der Waals surface area contributed by atoms with Crippen LogP contribution >= 0.6 is 0 Å². The summed E-state index contributed by atoms with van der Waals surface area (Å²) in [6.45, 7) is 0.878. The maximum atomic E-state index is 10.1. The van der Waals surface area contributed by atoms with Crippen LogP contribution in [0.1, 0.15) is 5.56 Å². The highest BCUT2D eigenvalue weighted by Gasteiger charge is 2.32. The predicted octanol–water partition coefficient (Wildman–Crippen LogP) is 0.878. The Balaban J connectivity index is 2.23. The Labute approximate surface area is 76.9 Å². The summed E-state index contributed by atoms with van der Waals surface area (Å²) in [6, 6.07) is 9.44. The van der Waals surface area contributed by atoms with E-state index in [4.69, 9.17) is 9.47 Å². The molecule has 0 aromatic heterocycles. The monoisotopic (exact) mass is 180 g/mol. The van der Waals surface area contributed by atoms with Gasteiger partial charge in [0, 0.05) is 0 Å². The van der Waals surface area contributed by atoms with Crippen molar-refractivity contribution >= 4 is 0 Å². The zero-order chi connectivity index (χ0) is 9.15. The average Bonchev–Trinajstić information content (AvgIpc) is 2.20. The van der Waals surface area contributed by atoms with Crippen molar-refractivity contribution in [2.75, 3.05) is 20.0 Å². The zero-order valence-corrected chi connectivity index (χ0v) is 7.27. The first-order valence-corrected chi connectivity index (χ1v) is 4.25. The number of rotatable bonds is 1. The maximum absolute atomic E-state index is 10.1. The van der Waals surface area contributed by atoms with Crippen LogP contribution in [0.2, 0.25) is 0 Å². The van der Waals surface area contributed by atoms with E-state index in [1.165, 1.54) is 0 Å². The third-order valence-electron chi connectivity index (χ3n) is 2.16. The highest BCUT2D eigenvalue weighted by atomic mass is 16.7. The molecule has 0 saturated carbocycles. The molecule has 1 aliphatic heterocycles. The molecule has 2 rings (SSSR count). The van der Waals surface area contributed by atoms with Crippen LogP contribution in [0.25, 0.3) is 0 Å². The first-order valence-electron chi connectivity index (χ1n) is 4.25. The molecule has 0 amide bonds. The van der Waals surface area contributed by atoms with Crippen LogP contribution in [0.15, 0.2) is 30.3 Å². The third-order valence-corrected chi connectivity index (χ3v) is 2.16. The molecule has 1 heterocycles. The number of ether oxygens (including phenoxy) is 2. The lowest BCUT2D eigenvalue weighted by atomic mass is 9.95. The minimum Gasteiger partial charge on any atom is -0.380 e. The van der Waals surface area contributed by atoms with E-state index in [2.05, 4.69) is 0 Å². The van der Waals surface area contributed by atoms with Crippen molar-refractivity contribution in [1.82, 2.24) is 0 Å². The van der Waals surface area contributed by atoms with Crippen LogP contribution in [-0.2, 0) is 15.1 Å². The molecular weight excluding hydrogens is 168 g/mol. The number of hydrogen-bond donors (Lipinski definition) is 1. The van der Waals surface area contributed by atoms with Gasteiger partial charge in [0.2, 0.25) is 0 Å². The highest BCUT2D eigenvalue weighted by Crippen LogP contribution is 2.24. The highest BCUT2D eigenvalue weighted by molar-refractivity contribution is 5.22. The molecule has 0 spiro atoms. The number of benzene rings is 1. The van der Waals surface area contributed by atoms with Crippen LogP contribution in [-0.4, -0.2) is 25.1 Å². The van der Waals surface area contributed by atoms with Crippen molar-refractivity contribution in [2.45, 2.75) is 5.60 Å². The molecule has 3 heteroatoms. The van der Waals surface area contributed by atoms with Crippen molar-refractivity contribution in [3.63, 3.8) is 0 Å². The van der Waals surface area contributed by atoms with Gasteiger partial charge in [0.05, 0.1) is 13.2 Å². The van der Waals surface area contributed by atoms with E-state index in [0.29, 0.717) is 13.2 Å². The lowest BCUT2D eigenvalue weighted by Crippen LogP contribution is -2.41. The zero-order valence-electron chi connectivity index (χ0n) is 7.27. The first-order chi connectivity index (χ1) is 6.31. The van der Waals surface area contributed by atoms with Gasteiger partial charge in [-0.15, -0.1) is 0 Å². The Kier molecular flexibility index (Phi) is 2.31. The normalized spacial score (nSPS) is 21.3.